The van der Waals surface area contributed by atoms with Gasteiger partial charge >= 0.3 is 0 Å². The highest BCUT2D eigenvalue weighted by atomic mass is 15.4. The Bertz CT molecular complexity index is 445. The van der Waals surface area contributed by atoms with Crippen LogP contribution in [0.15, 0.2) is 30.3 Å². The number of nitrogens with zero attached hydrogens (tertiary/aromatic N) is 3. The Labute approximate surface area is 96.1 Å². The highest BCUT2D eigenvalue weighted by Crippen LogP contribution is 2.10. The van der Waals surface area contributed by atoms with Crippen molar-refractivity contribution < 1.29 is 0 Å². The molecule has 84 valence electrons. The van der Waals surface area contributed by atoms with E-state index >= 15 is 0 Å². The van der Waals surface area contributed by atoms with Crippen molar-refractivity contribution >= 4 is 0 Å². The summed E-state index contributed by atoms with van der Waals surface area (Å²) in [6.45, 7) is 5.09. The molecule has 0 aliphatic heterocycles. The maximum Gasteiger partial charge on any atom is 0.0856 e. The summed E-state index contributed by atoms with van der Waals surface area (Å²) in [5, 5.41) is 8.43. The van der Waals surface area contributed by atoms with Crippen molar-refractivity contribution in [2.45, 2.75) is 33.2 Å². The first kappa shape index (κ1) is 10.9. The van der Waals surface area contributed by atoms with Crippen LogP contribution in [0.4, 0.5) is 0 Å². The fraction of sp³-hybridized carbons (Fsp3) is 0.385. The van der Waals surface area contributed by atoms with Gasteiger partial charge in [-0.1, -0.05) is 49.4 Å². The molecular formula is C13H17N3. The molecule has 0 fully saturated rings. The van der Waals surface area contributed by atoms with Gasteiger partial charge in [0.25, 0.3) is 0 Å². The van der Waals surface area contributed by atoms with Gasteiger partial charge in [0.15, 0.2) is 0 Å². The van der Waals surface area contributed by atoms with Crippen LogP contribution in [0.2, 0.25) is 0 Å². The minimum absolute atomic E-state index is 0.816. The third-order valence-electron chi connectivity index (χ3n) is 2.76. The number of benzene rings is 1. The molecule has 0 atom stereocenters. The van der Waals surface area contributed by atoms with E-state index in [-0.39, 0.29) is 0 Å². The Kier molecular flexibility index (Phi) is 3.34. The van der Waals surface area contributed by atoms with Crippen molar-refractivity contribution in [3.63, 3.8) is 0 Å². The summed E-state index contributed by atoms with van der Waals surface area (Å²) in [5.74, 6) is 0. The van der Waals surface area contributed by atoms with Crippen LogP contribution < -0.4 is 0 Å². The van der Waals surface area contributed by atoms with Crippen molar-refractivity contribution in [1.82, 2.24) is 15.0 Å². The molecule has 1 heterocycles. The first-order valence-electron chi connectivity index (χ1n) is 5.80. The first-order valence-corrected chi connectivity index (χ1v) is 5.80. The molecule has 0 aliphatic rings. The zero-order valence-electron chi connectivity index (χ0n) is 9.85. The van der Waals surface area contributed by atoms with E-state index in [0.717, 1.165) is 25.1 Å². The molecule has 0 saturated carbocycles. The van der Waals surface area contributed by atoms with Gasteiger partial charge in [-0.05, 0) is 18.4 Å². The Morgan fingerprint density at radius 2 is 1.81 bits per heavy atom. The van der Waals surface area contributed by atoms with E-state index in [1.807, 2.05) is 10.7 Å². The Balaban J connectivity index is 2.25. The second-order valence-electron chi connectivity index (χ2n) is 3.83. The van der Waals surface area contributed by atoms with Crippen molar-refractivity contribution in [2.24, 2.45) is 0 Å². The summed E-state index contributed by atoms with van der Waals surface area (Å²) in [5.41, 5.74) is 3.65. The minimum atomic E-state index is 0.816. The Morgan fingerprint density at radius 3 is 2.44 bits per heavy atom. The summed E-state index contributed by atoms with van der Waals surface area (Å²) in [6.07, 6.45) is 1.95. The molecule has 0 spiro atoms. The molecule has 0 saturated heterocycles. The number of hydrogen-bond donors (Lipinski definition) is 0. The molecule has 0 aliphatic carbocycles. The zero-order chi connectivity index (χ0) is 11.4. The van der Waals surface area contributed by atoms with E-state index in [1.165, 1.54) is 11.3 Å². The summed E-state index contributed by atoms with van der Waals surface area (Å²) in [4.78, 5) is 0. The third-order valence-corrected chi connectivity index (χ3v) is 2.76. The Morgan fingerprint density at radius 1 is 1.06 bits per heavy atom. The van der Waals surface area contributed by atoms with Gasteiger partial charge in [-0.15, -0.1) is 5.10 Å². The maximum atomic E-state index is 4.22. The molecule has 2 aromatic rings. The summed E-state index contributed by atoms with van der Waals surface area (Å²) >= 11 is 0. The molecule has 1 aromatic carbocycles. The molecule has 0 radical (unpaired) electrons. The van der Waals surface area contributed by atoms with E-state index < -0.39 is 0 Å². The lowest BCUT2D eigenvalue weighted by atomic mass is 10.2. The van der Waals surface area contributed by atoms with Gasteiger partial charge in [-0.2, -0.15) is 0 Å². The van der Waals surface area contributed by atoms with Gasteiger partial charge in [-0.25, -0.2) is 4.68 Å². The van der Waals surface area contributed by atoms with Crippen molar-refractivity contribution in [3.05, 3.63) is 47.3 Å². The fourth-order valence-electron chi connectivity index (χ4n) is 1.91. The lowest BCUT2D eigenvalue weighted by molar-refractivity contribution is 0.622. The largest absolute Gasteiger partial charge is 0.245 e. The maximum absolute atomic E-state index is 4.22. The SMILES string of the molecule is CCc1nnn(Cc2ccccc2)c1CC. The average Bonchev–Trinajstić information content (AvgIpc) is 2.72. The van der Waals surface area contributed by atoms with Crippen LogP contribution in [0.25, 0.3) is 0 Å². The Hall–Kier alpha value is -1.64. The van der Waals surface area contributed by atoms with Gasteiger partial charge in [-0.3, -0.25) is 0 Å². The van der Waals surface area contributed by atoms with E-state index in [4.69, 9.17) is 0 Å². The molecule has 0 bridgehead atoms. The number of rotatable bonds is 4. The van der Waals surface area contributed by atoms with E-state index in [1.54, 1.807) is 0 Å². The molecule has 1 aromatic heterocycles. The van der Waals surface area contributed by atoms with Crippen LogP contribution >= 0.6 is 0 Å². The molecule has 0 unspecified atom stereocenters. The predicted molar refractivity (Wildman–Crippen MR) is 64.3 cm³/mol. The molecule has 3 nitrogen and oxygen atoms in total. The topological polar surface area (TPSA) is 30.7 Å². The van der Waals surface area contributed by atoms with Gasteiger partial charge in [0, 0.05) is 0 Å². The highest BCUT2D eigenvalue weighted by Gasteiger charge is 2.09. The highest BCUT2D eigenvalue weighted by molar-refractivity contribution is 5.17. The lowest BCUT2D eigenvalue weighted by Crippen LogP contribution is -2.06. The number of aromatic nitrogens is 3. The van der Waals surface area contributed by atoms with Crippen molar-refractivity contribution in [2.75, 3.05) is 0 Å². The second-order valence-corrected chi connectivity index (χ2v) is 3.83. The molecule has 2 rings (SSSR count). The smallest absolute Gasteiger partial charge is 0.0856 e. The molecule has 0 amide bonds. The van der Waals surface area contributed by atoms with Gasteiger partial charge in [0.1, 0.15) is 0 Å². The van der Waals surface area contributed by atoms with E-state index in [0.29, 0.717) is 0 Å². The lowest BCUT2D eigenvalue weighted by Gasteiger charge is -2.05. The fourth-order valence-corrected chi connectivity index (χ4v) is 1.91. The minimum Gasteiger partial charge on any atom is -0.245 e. The third kappa shape index (κ3) is 2.13. The van der Waals surface area contributed by atoms with Crippen LogP contribution in [0.1, 0.15) is 30.8 Å². The summed E-state index contributed by atoms with van der Waals surface area (Å²) in [6, 6.07) is 10.4. The normalized spacial score (nSPS) is 10.6. The molecule has 16 heavy (non-hydrogen) atoms. The first-order chi connectivity index (χ1) is 7.85. The molecular weight excluding hydrogens is 198 g/mol. The molecule has 0 N–H and O–H groups in total. The standard InChI is InChI=1S/C13H17N3/c1-3-12-13(4-2)16(15-14-12)10-11-8-6-5-7-9-11/h5-9H,3-4,10H2,1-2H3. The quantitative estimate of drug-likeness (QED) is 0.784. The monoisotopic (exact) mass is 215 g/mol. The predicted octanol–water partition coefficient (Wildman–Crippen LogP) is 2.45. The summed E-state index contributed by atoms with van der Waals surface area (Å²) < 4.78 is 2.01. The van der Waals surface area contributed by atoms with Crippen molar-refractivity contribution in [1.29, 1.82) is 0 Å². The number of aryl methyl sites for hydroxylation is 1. The van der Waals surface area contributed by atoms with Crippen LogP contribution in [-0.4, -0.2) is 15.0 Å². The van der Waals surface area contributed by atoms with Crippen molar-refractivity contribution in [3.8, 4) is 0 Å². The van der Waals surface area contributed by atoms with Crippen LogP contribution in [0.3, 0.4) is 0 Å². The average molecular weight is 215 g/mol. The van der Waals surface area contributed by atoms with Crippen LogP contribution in [0.5, 0.6) is 0 Å². The van der Waals surface area contributed by atoms with Gasteiger partial charge in [0.2, 0.25) is 0 Å². The van der Waals surface area contributed by atoms with E-state index in [9.17, 15) is 0 Å². The summed E-state index contributed by atoms with van der Waals surface area (Å²) in [7, 11) is 0. The second kappa shape index (κ2) is 4.92. The van der Waals surface area contributed by atoms with Crippen LogP contribution in [-0.2, 0) is 19.4 Å². The zero-order valence-corrected chi connectivity index (χ0v) is 9.85. The molecule has 3 heteroatoms. The van der Waals surface area contributed by atoms with E-state index in [2.05, 4.69) is 48.4 Å². The number of hydrogen-bond acceptors (Lipinski definition) is 2. The van der Waals surface area contributed by atoms with Gasteiger partial charge in [0.05, 0.1) is 17.9 Å². The van der Waals surface area contributed by atoms with Crippen LogP contribution in [0, 0.1) is 0 Å². The van der Waals surface area contributed by atoms with Gasteiger partial charge < -0.3 is 0 Å².